The number of hydrogen-bond donors (Lipinski definition) is 3. The Kier molecular flexibility index (Phi) is 5.70. The first-order valence-electron chi connectivity index (χ1n) is 10.1. The molecule has 0 fully saturated rings. The van der Waals surface area contributed by atoms with Crippen LogP contribution >= 0.6 is 0 Å². The number of nitrogens with one attached hydrogen (secondary N) is 2. The van der Waals surface area contributed by atoms with Gasteiger partial charge in [-0.05, 0) is 60.9 Å². The van der Waals surface area contributed by atoms with Crippen molar-refractivity contribution in [2.24, 2.45) is 5.73 Å². The molecule has 4 aromatic rings. The van der Waals surface area contributed by atoms with E-state index in [9.17, 15) is 0 Å². The topological polar surface area (TPSA) is 66.7 Å². The van der Waals surface area contributed by atoms with Gasteiger partial charge in [0.25, 0.3) is 0 Å². The number of rotatable bonds is 8. The quantitative estimate of drug-likeness (QED) is 0.425. The lowest BCUT2D eigenvalue weighted by Gasteiger charge is -2.19. The number of pyridine rings is 1. The maximum absolute atomic E-state index is 6.42. The number of nitrogens with two attached hydrogens (primary N) is 1. The minimum Gasteiger partial charge on any atom is -0.361 e. The lowest BCUT2D eigenvalue weighted by molar-refractivity contribution is 0.447. The molecule has 0 aliphatic carbocycles. The van der Waals surface area contributed by atoms with Gasteiger partial charge in [-0.15, -0.1) is 0 Å². The number of para-hydroxylation sites is 1. The summed E-state index contributed by atoms with van der Waals surface area (Å²) in [6.07, 6.45) is 8.85. The third-order valence-corrected chi connectivity index (χ3v) is 5.48. The fourth-order valence-corrected chi connectivity index (χ4v) is 3.87. The van der Waals surface area contributed by atoms with Crippen LogP contribution in [0.15, 0.2) is 67.1 Å². The minimum atomic E-state index is 0.193. The first-order valence-corrected chi connectivity index (χ1v) is 10.1. The fourth-order valence-electron chi connectivity index (χ4n) is 3.87. The number of H-pyrrole nitrogens is 1. The summed E-state index contributed by atoms with van der Waals surface area (Å²) in [6.45, 7) is 3.07. The average molecular weight is 373 g/mol. The highest BCUT2D eigenvalue weighted by molar-refractivity contribution is 5.83. The molecule has 4 nitrogen and oxygen atoms in total. The van der Waals surface area contributed by atoms with Crippen molar-refractivity contribution in [1.29, 1.82) is 0 Å². The van der Waals surface area contributed by atoms with Gasteiger partial charge in [-0.1, -0.05) is 30.3 Å². The molecule has 144 valence electrons. The van der Waals surface area contributed by atoms with Gasteiger partial charge in [0, 0.05) is 53.5 Å². The lowest BCUT2D eigenvalue weighted by atomic mass is 10.00. The smallest absolute Gasteiger partial charge is 0.0456 e. The predicted octanol–water partition coefficient (Wildman–Crippen LogP) is 4.54. The molecule has 28 heavy (non-hydrogen) atoms. The van der Waals surface area contributed by atoms with E-state index in [0.29, 0.717) is 6.04 Å². The summed E-state index contributed by atoms with van der Waals surface area (Å²) < 4.78 is 0. The molecule has 2 atom stereocenters. The molecule has 0 amide bonds. The summed E-state index contributed by atoms with van der Waals surface area (Å²) in [4.78, 5) is 7.52. The minimum absolute atomic E-state index is 0.193. The zero-order chi connectivity index (χ0) is 19.3. The average Bonchev–Trinajstić information content (AvgIpc) is 3.14. The third kappa shape index (κ3) is 4.41. The summed E-state index contributed by atoms with van der Waals surface area (Å²) in [5, 5.41) is 7.34. The number of benzene rings is 2. The molecule has 0 radical (unpaired) electrons. The Morgan fingerprint density at radius 1 is 1.11 bits per heavy atom. The summed E-state index contributed by atoms with van der Waals surface area (Å²) >= 11 is 0. The SMILES string of the molecule is C[C@H](CC(N)CCc1c[nH]c2ccccc12)NCc1ccc2cnccc2c1. The van der Waals surface area contributed by atoms with Crippen LogP contribution in [-0.2, 0) is 13.0 Å². The van der Waals surface area contributed by atoms with Crippen molar-refractivity contribution >= 4 is 21.7 Å². The molecule has 0 saturated heterocycles. The van der Waals surface area contributed by atoms with Crippen LogP contribution in [0.1, 0.15) is 30.9 Å². The number of nitrogens with zero attached hydrogens (tertiary/aromatic N) is 1. The van der Waals surface area contributed by atoms with Crippen LogP contribution in [0.2, 0.25) is 0 Å². The van der Waals surface area contributed by atoms with Crippen molar-refractivity contribution in [2.75, 3.05) is 0 Å². The maximum Gasteiger partial charge on any atom is 0.0456 e. The highest BCUT2D eigenvalue weighted by Crippen LogP contribution is 2.20. The van der Waals surface area contributed by atoms with Crippen LogP contribution in [-0.4, -0.2) is 22.1 Å². The van der Waals surface area contributed by atoms with E-state index < -0.39 is 0 Å². The van der Waals surface area contributed by atoms with Crippen LogP contribution < -0.4 is 11.1 Å². The second-order valence-corrected chi connectivity index (χ2v) is 7.73. The Balaban J connectivity index is 1.26. The van der Waals surface area contributed by atoms with Gasteiger partial charge in [0.15, 0.2) is 0 Å². The van der Waals surface area contributed by atoms with E-state index in [0.717, 1.165) is 25.8 Å². The zero-order valence-corrected chi connectivity index (χ0v) is 16.4. The van der Waals surface area contributed by atoms with E-state index in [1.807, 2.05) is 12.4 Å². The summed E-state index contributed by atoms with van der Waals surface area (Å²) in [6, 6.07) is 17.6. The Morgan fingerprint density at radius 3 is 2.93 bits per heavy atom. The monoisotopic (exact) mass is 372 g/mol. The molecule has 0 spiro atoms. The van der Waals surface area contributed by atoms with E-state index in [1.165, 1.54) is 32.8 Å². The molecule has 0 saturated carbocycles. The standard InChI is InChI=1S/C24H28N4/c1-17(27-14-18-6-7-20-15-26-11-10-19(20)13-18)12-22(25)9-8-21-16-28-24-5-3-2-4-23(21)24/h2-7,10-11,13,15-17,22,27-28H,8-9,12,14,25H2,1H3/t17-,22?/m1/s1. The molecular weight excluding hydrogens is 344 g/mol. The van der Waals surface area contributed by atoms with E-state index in [2.05, 4.69) is 76.9 Å². The van der Waals surface area contributed by atoms with Crippen molar-refractivity contribution < 1.29 is 0 Å². The molecule has 0 aliphatic rings. The molecule has 1 unspecified atom stereocenters. The van der Waals surface area contributed by atoms with Crippen molar-refractivity contribution in [1.82, 2.24) is 15.3 Å². The van der Waals surface area contributed by atoms with Crippen LogP contribution in [0, 0.1) is 0 Å². The molecular formula is C24H28N4. The predicted molar refractivity (Wildman–Crippen MR) is 117 cm³/mol. The molecule has 0 aliphatic heterocycles. The maximum atomic E-state index is 6.42. The van der Waals surface area contributed by atoms with Gasteiger partial charge in [-0.2, -0.15) is 0 Å². The first kappa shape index (κ1) is 18.7. The normalized spacial score (nSPS) is 13.8. The number of aromatic amines is 1. The Morgan fingerprint density at radius 2 is 2.00 bits per heavy atom. The summed E-state index contributed by atoms with van der Waals surface area (Å²) in [7, 11) is 0. The Hall–Kier alpha value is -2.69. The molecule has 4 N–H and O–H groups in total. The molecule has 4 heteroatoms. The van der Waals surface area contributed by atoms with Gasteiger partial charge in [0.1, 0.15) is 0 Å². The number of aryl methyl sites for hydroxylation is 1. The fraction of sp³-hybridized carbons (Fsp3) is 0.292. The highest BCUT2D eigenvalue weighted by atomic mass is 14.9. The summed E-state index contributed by atoms with van der Waals surface area (Å²) in [5.74, 6) is 0. The van der Waals surface area contributed by atoms with E-state index >= 15 is 0 Å². The van der Waals surface area contributed by atoms with Crippen LogP contribution in [0.25, 0.3) is 21.7 Å². The largest absolute Gasteiger partial charge is 0.361 e. The van der Waals surface area contributed by atoms with Crippen molar-refractivity contribution in [3.05, 3.63) is 78.2 Å². The van der Waals surface area contributed by atoms with Gasteiger partial charge in [0.05, 0.1) is 0 Å². The second-order valence-electron chi connectivity index (χ2n) is 7.73. The van der Waals surface area contributed by atoms with E-state index in [-0.39, 0.29) is 6.04 Å². The Bertz CT molecular complexity index is 1050. The van der Waals surface area contributed by atoms with Crippen LogP contribution in [0.3, 0.4) is 0 Å². The third-order valence-electron chi connectivity index (χ3n) is 5.48. The molecule has 0 bridgehead atoms. The molecule has 4 rings (SSSR count). The van der Waals surface area contributed by atoms with Crippen LogP contribution in [0.4, 0.5) is 0 Å². The van der Waals surface area contributed by atoms with Gasteiger partial charge >= 0.3 is 0 Å². The summed E-state index contributed by atoms with van der Waals surface area (Å²) in [5.41, 5.74) is 10.3. The second kappa shape index (κ2) is 8.55. The number of fused-ring (bicyclic) bond motifs is 2. The molecule has 2 aromatic heterocycles. The van der Waals surface area contributed by atoms with Gasteiger partial charge < -0.3 is 16.0 Å². The number of aromatic nitrogens is 2. The van der Waals surface area contributed by atoms with Gasteiger partial charge in [-0.25, -0.2) is 0 Å². The molecule has 2 aromatic carbocycles. The van der Waals surface area contributed by atoms with Gasteiger partial charge in [0.2, 0.25) is 0 Å². The molecule has 2 heterocycles. The van der Waals surface area contributed by atoms with Crippen molar-refractivity contribution in [3.8, 4) is 0 Å². The van der Waals surface area contributed by atoms with E-state index in [1.54, 1.807) is 0 Å². The van der Waals surface area contributed by atoms with Crippen LogP contribution in [0.5, 0.6) is 0 Å². The first-order chi connectivity index (χ1) is 13.7. The highest BCUT2D eigenvalue weighted by Gasteiger charge is 2.11. The van der Waals surface area contributed by atoms with Crippen molar-refractivity contribution in [3.63, 3.8) is 0 Å². The van der Waals surface area contributed by atoms with Crippen molar-refractivity contribution in [2.45, 2.75) is 44.8 Å². The lowest BCUT2D eigenvalue weighted by Crippen LogP contribution is -2.33. The van der Waals surface area contributed by atoms with E-state index in [4.69, 9.17) is 5.73 Å². The van der Waals surface area contributed by atoms with Gasteiger partial charge in [-0.3, -0.25) is 4.98 Å². The number of hydrogen-bond acceptors (Lipinski definition) is 3. The Labute approximate surface area is 166 Å². The zero-order valence-electron chi connectivity index (χ0n) is 16.4.